The minimum Gasteiger partial charge on any atom is -0.380 e. The van der Waals surface area contributed by atoms with Crippen molar-refractivity contribution in [3.05, 3.63) is 11.6 Å². The molecule has 0 unspecified atom stereocenters. The lowest BCUT2D eigenvalue weighted by molar-refractivity contribution is -0.0111. The standard InChI is InChI=1S/C17H31NO.C12H26O4S/c1-5-18(6-2)10-12-19-11-9-14-7-8-15-13-16(14)17(15,3)4;1-2-3-4-5-6-7-8-9-10-11-12-16-17(13,14)15/h7,15-16H,5-6,8-13H2,1-4H3;2-12H2,1H3,(H,13,14,15)/t15-,16-;/m1./s1. The molecule has 0 saturated heterocycles. The van der Waals surface area contributed by atoms with E-state index in [-0.39, 0.29) is 6.61 Å². The molecular formula is C29H57NO5S. The Bertz CT molecular complexity index is 688. The van der Waals surface area contributed by atoms with Gasteiger partial charge in [0.2, 0.25) is 0 Å². The predicted molar refractivity (Wildman–Crippen MR) is 151 cm³/mol. The summed E-state index contributed by atoms with van der Waals surface area (Å²) in [7, 11) is -4.23. The van der Waals surface area contributed by atoms with Crippen LogP contribution in [-0.4, -0.2) is 57.3 Å². The topological polar surface area (TPSA) is 76.1 Å². The number of likely N-dealkylation sites (N-methyl/N-ethyl adjacent to an activating group) is 1. The van der Waals surface area contributed by atoms with Gasteiger partial charge in [-0.3, -0.25) is 4.55 Å². The van der Waals surface area contributed by atoms with E-state index in [1.807, 2.05) is 0 Å². The maximum atomic E-state index is 10.2. The van der Waals surface area contributed by atoms with E-state index in [9.17, 15) is 8.42 Å². The average molecular weight is 532 g/mol. The van der Waals surface area contributed by atoms with Gasteiger partial charge >= 0.3 is 10.4 Å². The Morgan fingerprint density at radius 3 is 2.00 bits per heavy atom. The molecule has 36 heavy (non-hydrogen) atoms. The third-order valence-electron chi connectivity index (χ3n) is 8.29. The Hall–Kier alpha value is -0.470. The molecule has 1 saturated carbocycles. The Balaban J connectivity index is 0.000000363. The zero-order valence-corrected chi connectivity index (χ0v) is 24.9. The molecule has 0 radical (unpaired) electrons. The van der Waals surface area contributed by atoms with Crippen molar-refractivity contribution in [2.45, 2.75) is 118 Å². The summed E-state index contributed by atoms with van der Waals surface area (Å²) in [6.07, 6.45) is 18.2. The summed E-state index contributed by atoms with van der Waals surface area (Å²) in [5, 5.41) is 0. The van der Waals surface area contributed by atoms with E-state index in [2.05, 4.69) is 49.8 Å². The van der Waals surface area contributed by atoms with E-state index in [1.54, 1.807) is 5.57 Å². The molecule has 0 aromatic heterocycles. The smallest absolute Gasteiger partial charge is 0.380 e. The molecule has 0 heterocycles. The summed E-state index contributed by atoms with van der Waals surface area (Å²) >= 11 is 0. The highest BCUT2D eigenvalue weighted by Crippen LogP contribution is 2.59. The van der Waals surface area contributed by atoms with Crippen LogP contribution in [-0.2, 0) is 19.3 Å². The summed E-state index contributed by atoms with van der Waals surface area (Å²) < 4.78 is 38.8. The number of unbranched alkanes of at least 4 members (excludes halogenated alkanes) is 9. The molecule has 3 rings (SSSR count). The predicted octanol–water partition coefficient (Wildman–Crippen LogP) is 7.45. The molecule has 3 aliphatic rings. The van der Waals surface area contributed by atoms with Gasteiger partial charge in [-0.1, -0.05) is 104 Å². The number of fused-ring (bicyclic) bond motifs is 1. The largest absolute Gasteiger partial charge is 0.397 e. The van der Waals surface area contributed by atoms with Gasteiger partial charge in [-0.25, -0.2) is 4.18 Å². The molecule has 0 aromatic rings. The summed E-state index contributed by atoms with van der Waals surface area (Å²) in [4.78, 5) is 2.42. The fourth-order valence-electron chi connectivity index (χ4n) is 5.54. The van der Waals surface area contributed by atoms with E-state index in [0.29, 0.717) is 11.8 Å². The van der Waals surface area contributed by atoms with Crippen molar-refractivity contribution in [2.75, 3.05) is 39.5 Å². The molecule has 6 nitrogen and oxygen atoms in total. The van der Waals surface area contributed by atoms with Gasteiger partial charge in [0, 0.05) is 6.54 Å². The number of rotatable bonds is 20. The molecular weight excluding hydrogens is 474 g/mol. The van der Waals surface area contributed by atoms with Crippen LogP contribution >= 0.6 is 0 Å². The minimum absolute atomic E-state index is 0.0926. The fourth-order valence-corrected chi connectivity index (χ4v) is 5.87. The second-order valence-electron chi connectivity index (χ2n) is 11.1. The Labute approximate surface area is 223 Å². The van der Waals surface area contributed by atoms with E-state index in [1.165, 1.54) is 57.8 Å². The molecule has 2 atom stereocenters. The van der Waals surface area contributed by atoms with Crippen molar-refractivity contribution in [1.29, 1.82) is 0 Å². The van der Waals surface area contributed by atoms with Crippen LogP contribution in [0, 0.1) is 17.3 Å². The zero-order chi connectivity index (χ0) is 26.9. The molecule has 1 fully saturated rings. The average Bonchev–Trinajstić information content (AvgIpc) is 2.84. The lowest BCUT2D eigenvalue weighted by atomic mass is 9.48. The van der Waals surface area contributed by atoms with Gasteiger partial charge in [-0.15, -0.1) is 0 Å². The highest BCUT2D eigenvalue weighted by molar-refractivity contribution is 7.80. The van der Waals surface area contributed by atoms with E-state index >= 15 is 0 Å². The van der Waals surface area contributed by atoms with Gasteiger partial charge in [0.05, 0.1) is 19.8 Å². The highest BCUT2D eigenvalue weighted by atomic mass is 32.3. The van der Waals surface area contributed by atoms with Crippen molar-refractivity contribution < 1.29 is 21.9 Å². The second kappa shape index (κ2) is 18.7. The molecule has 7 heteroatoms. The van der Waals surface area contributed by atoms with Gasteiger partial charge in [0.15, 0.2) is 0 Å². The first kappa shape index (κ1) is 33.6. The molecule has 214 valence electrons. The minimum atomic E-state index is -4.23. The van der Waals surface area contributed by atoms with Gasteiger partial charge in [-0.2, -0.15) is 8.42 Å². The number of allylic oxidation sites excluding steroid dienone is 1. The Kier molecular flexibility index (Phi) is 17.5. The first-order valence-electron chi connectivity index (χ1n) is 14.8. The normalized spacial score (nSPS) is 20.5. The van der Waals surface area contributed by atoms with Gasteiger partial charge in [-0.05, 0) is 56.0 Å². The molecule has 3 aliphatic carbocycles. The van der Waals surface area contributed by atoms with Crippen LogP contribution in [0.15, 0.2) is 11.6 Å². The third-order valence-corrected chi connectivity index (χ3v) is 8.76. The van der Waals surface area contributed by atoms with Gasteiger partial charge in [0.1, 0.15) is 0 Å². The molecule has 0 aromatic carbocycles. The summed E-state index contributed by atoms with van der Waals surface area (Å²) in [5.41, 5.74) is 2.24. The van der Waals surface area contributed by atoms with Gasteiger partial charge in [0.25, 0.3) is 0 Å². The van der Waals surface area contributed by atoms with Crippen LogP contribution in [0.1, 0.15) is 118 Å². The maximum absolute atomic E-state index is 10.2. The fraction of sp³-hybridized carbons (Fsp3) is 0.931. The van der Waals surface area contributed by atoms with Crippen LogP contribution in [0.2, 0.25) is 0 Å². The van der Waals surface area contributed by atoms with E-state index in [4.69, 9.17) is 9.29 Å². The zero-order valence-electron chi connectivity index (χ0n) is 24.1. The quantitative estimate of drug-likeness (QED) is 0.0998. The summed E-state index contributed by atoms with van der Waals surface area (Å²) in [6, 6.07) is 0. The van der Waals surface area contributed by atoms with Crippen LogP contribution in [0.5, 0.6) is 0 Å². The summed E-state index contributed by atoms with van der Waals surface area (Å²) in [6.45, 7) is 16.7. The lowest BCUT2D eigenvalue weighted by Gasteiger charge is -2.56. The number of hydrogen-bond donors (Lipinski definition) is 1. The van der Waals surface area contributed by atoms with Crippen LogP contribution in [0.4, 0.5) is 0 Å². The Morgan fingerprint density at radius 2 is 1.50 bits per heavy atom. The maximum Gasteiger partial charge on any atom is 0.397 e. The Morgan fingerprint density at radius 1 is 0.917 bits per heavy atom. The van der Waals surface area contributed by atoms with Crippen molar-refractivity contribution in [2.24, 2.45) is 17.3 Å². The molecule has 0 spiro atoms. The van der Waals surface area contributed by atoms with Crippen molar-refractivity contribution in [3.8, 4) is 0 Å². The number of nitrogens with zero attached hydrogens (tertiary/aromatic N) is 1. The first-order chi connectivity index (χ1) is 17.2. The number of hydrogen-bond acceptors (Lipinski definition) is 5. The van der Waals surface area contributed by atoms with Gasteiger partial charge < -0.3 is 9.64 Å². The van der Waals surface area contributed by atoms with Crippen molar-refractivity contribution >= 4 is 10.4 Å². The van der Waals surface area contributed by atoms with E-state index in [0.717, 1.165) is 63.9 Å². The highest BCUT2D eigenvalue weighted by Gasteiger charge is 2.50. The third kappa shape index (κ3) is 13.9. The van der Waals surface area contributed by atoms with Crippen molar-refractivity contribution in [1.82, 2.24) is 4.90 Å². The van der Waals surface area contributed by atoms with Crippen LogP contribution < -0.4 is 0 Å². The monoisotopic (exact) mass is 531 g/mol. The summed E-state index contributed by atoms with van der Waals surface area (Å²) in [5.74, 6) is 1.79. The molecule has 0 aliphatic heterocycles. The van der Waals surface area contributed by atoms with E-state index < -0.39 is 10.4 Å². The van der Waals surface area contributed by atoms with Crippen LogP contribution in [0.3, 0.4) is 0 Å². The second-order valence-corrected chi connectivity index (χ2v) is 12.2. The molecule has 0 amide bonds. The molecule has 2 bridgehead atoms. The number of ether oxygens (including phenoxy) is 1. The molecule has 1 N–H and O–H groups in total. The lowest BCUT2D eigenvalue weighted by Crippen LogP contribution is -2.48. The first-order valence-corrected chi connectivity index (χ1v) is 16.1. The SMILES string of the molecule is CCCCCCCCCCCCOS(=O)(=O)O.CCN(CC)CCOCCC1=CC[C@@H]2C[C@H]1C2(C)C. The van der Waals surface area contributed by atoms with Crippen LogP contribution in [0.25, 0.3) is 0 Å². The van der Waals surface area contributed by atoms with Crippen molar-refractivity contribution in [3.63, 3.8) is 0 Å².